The van der Waals surface area contributed by atoms with E-state index in [0.717, 1.165) is 24.3 Å². The van der Waals surface area contributed by atoms with Gasteiger partial charge in [-0.2, -0.15) is 0 Å². The third-order valence-corrected chi connectivity index (χ3v) is 6.30. The molecular formula is C20H24N6O2S. The number of nitrogens with one attached hydrogen (secondary N) is 1. The van der Waals surface area contributed by atoms with Crippen LogP contribution in [0.3, 0.4) is 0 Å². The van der Waals surface area contributed by atoms with Gasteiger partial charge in [-0.3, -0.25) is 9.59 Å². The Labute approximate surface area is 172 Å². The summed E-state index contributed by atoms with van der Waals surface area (Å²) in [6.45, 7) is 0.499. The molecule has 29 heavy (non-hydrogen) atoms. The van der Waals surface area contributed by atoms with Gasteiger partial charge in [-0.25, -0.2) is 4.68 Å². The minimum absolute atomic E-state index is 0.0400. The van der Waals surface area contributed by atoms with E-state index in [2.05, 4.69) is 25.8 Å². The van der Waals surface area contributed by atoms with Gasteiger partial charge in [-0.05, 0) is 37.8 Å². The molecule has 1 amide bonds. The average molecular weight is 413 g/mol. The van der Waals surface area contributed by atoms with Gasteiger partial charge in [0, 0.05) is 18.9 Å². The summed E-state index contributed by atoms with van der Waals surface area (Å²) in [7, 11) is 0. The first-order valence-corrected chi connectivity index (χ1v) is 11.0. The molecule has 0 bridgehead atoms. The van der Waals surface area contributed by atoms with Crippen molar-refractivity contribution in [3.05, 3.63) is 39.6 Å². The van der Waals surface area contributed by atoms with Crippen molar-refractivity contribution in [2.45, 2.75) is 63.8 Å². The third-order valence-electron chi connectivity index (χ3n) is 5.29. The lowest BCUT2D eigenvalue weighted by Crippen LogP contribution is -2.24. The van der Waals surface area contributed by atoms with Crippen LogP contribution >= 0.6 is 11.3 Å². The number of hydrogen-bond donors (Lipinski definition) is 1. The number of fused-ring (bicyclic) bond motifs is 1. The molecule has 0 saturated heterocycles. The Balaban J connectivity index is 1.19. The predicted molar refractivity (Wildman–Crippen MR) is 112 cm³/mol. The monoisotopic (exact) mass is 412 g/mol. The van der Waals surface area contributed by atoms with Crippen molar-refractivity contribution in [2.24, 2.45) is 0 Å². The van der Waals surface area contributed by atoms with Crippen molar-refractivity contribution >= 4 is 33.3 Å². The van der Waals surface area contributed by atoms with Gasteiger partial charge in [0.2, 0.25) is 11.0 Å². The highest BCUT2D eigenvalue weighted by Crippen LogP contribution is 2.36. The second-order valence-electron chi connectivity index (χ2n) is 7.42. The van der Waals surface area contributed by atoms with E-state index in [4.69, 9.17) is 0 Å². The van der Waals surface area contributed by atoms with Crippen molar-refractivity contribution < 1.29 is 4.79 Å². The van der Waals surface area contributed by atoms with E-state index in [0.29, 0.717) is 34.9 Å². The van der Waals surface area contributed by atoms with E-state index < -0.39 is 0 Å². The standard InChI is InChI=1S/C20H24N6O2S/c27-17(21-20-24-23-18(29-20)14-8-3-4-9-14)12-2-1-7-13-26-19(28)15-10-5-6-11-16(15)22-25-26/h5-6,10-11,14H,1-4,7-9,12-13H2,(H,21,24,27). The molecule has 8 nitrogen and oxygen atoms in total. The fourth-order valence-corrected chi connectivity index (χ4v) is 4.63. The van der Waals surface area contributed by atoms with Crippen LogP contribution in [0.2, 0.25) is 0 Å². The molecule has 1 saturated carbocycles. The molecule has 152 valence electrons. The van der Waals surface area contributed by atoms with E-state index in [1.54, 1.807) is 12.1 Å². The first kappa shape index (κ1) is 19.6. The predicted octanol–water partition coefficient (Wildman–Crippen LogP) is 3.50. The van der Waals surface area contributed by atoms with Crippen LogP contribution in [0.25, 0.3) is 10.9 Å². The molecule has 9 heteroatoms. The smallest absolute Gasteiger partial charge is 0.277 e. The molecule has 2 heterocycles. The van der Waals surface area contributed by atoms with Gasteiger partial charge in [0.05, 0.1) is 5.39 Å². The summed E-state index contributed by atoms with van der Waals surface area (Å²) in [6.07, 6.45) is 7.63. The lowest BCUT2D eigenvalue weighted by Gasteiger charge is -2.05. The highest BCUT2D eigenvalue weighted by Gasteiger charge is 2.21. The first-order valence-electron chi connectivity index (χ1n) is 10.2. The van der Waals surface area contributed by atoms with E-state index in [9.17, 15) is 9.59 Å². The summed E-state index contributed by atoms with van der Waals surface area (Å²) >= 11 is 1.49. The van der Waals surface area contributed by atoms with Gasteiger partial charge in [-0.1, -0.05) is 47.9 Å². The van der Waals surface area contributed by atoms with Crippen LogP contribution in [0.1, 0.15) is 62.3 Å². The largest absolute Gasteiger partial charge is 0.301 e. The maximum Gasteiger partial charge on any atom is 0.277 e. The number of hydrogen-bond acceptors (Lipinski definition) is 7. The maximum atomic E-state index is 12.4. The lowest BCUT2D eigenvalue weighted by atomic mass is 10.1. The van der Waals surface area contributed by atoms with Gasteiger partial charge in [0.1, 0.15) is 10.5 Å². The topological polar surface area (TPSA) is 103 Å². The molecule has 1 aliphatic carbocycles. The summed E-state index contributed by atoms with van der Waals surface area (Å²) < 4.78 is 1.40. The summed E-state index contributed by atoms with van der Waals surface area (Å²) in [5.74, 6) is 0.474. The SMILES string of the molecule is O=C(CCCCCn1nnc2ccccc2c1=O)Nc1nnc(C2CCCC2)s1. The molecule has 4 rings (SSSR count). The minimum Gasteiger partial charge on any atom is -0.301 e. The van der Waals surface area contributed by atoms with Crippen LogP contribution < -0.4 is 10.9 Å². The van der Waals surface area contributed by atoms with E-state index in [1.807, 2.05) is 12.1 Å². The van der Waals surface area contributed by atoms with Gasteiger partial charge in [-0.15, -0.1) is 15.3 Å². The molecule has 1 fully saturated rings. The molecule has 1 aromatic carbocycles. The Morgan fingerprint density at radius 2 is 1.93 bits per heavy atom. The highest BCUT2D eigenvalue weighted by molar-refractivity contribution is 7.15. The number of aromatic nitrogens is 5. The second-order valence-corrected chi connectivity index (χ2v) is 8.43. The van der Waals surface area contributed by atoms with Crippen molar-refractivity contribution in [3.63, 3.8) is 0 Å². The summed E-state index contributed by atoms with van der Waals surface area (Å²) in [6, 6.07) is 7.20. The molecule has 0 unspecified atom stereocenters. The van der Waals surface area contributed by atoms with Gasteiger partial charge in [0.25, 0.3) is 5.56 Å². The van der Waals surface area contributed by atoms with Crippen molar-refractivity contribution in [1.82, 2.24) is 25.2 Å². The molecule has 0 aliphatic heterocycles. The van der Waals surface area contributed by atoms with Crippen molar-refractivity contribution in [3.8, 4) is 0 Å². The molecule has 2 aromatic heterocycles. The van der Waals surface area contributed by atoms with Crippen molar-refractivity contribution in [1.29, 1.82) is 0 Å². The zero-order valence-corrected chi connectivity index (χ0v) is 17.0. The first-order chi connectivity index (χ1) is 14.2. The molecular weight excluding hydrogens is 388 g/mol. The van der Waals surface area contributed by atoms with Crippen LogP contribution in [-0.2, 0) is 11.3 Å². The maximum absolute atomic E-state index is 12.4. The number of carbonyl (C=O) groups is 1. The van der Waals surface area contributed by atoms with E-state index in [-0.39, 0.29) is 11.5 Å². The fourth-order valence-electron chi connectivity index (χ4n) is 3.70. The Morgan fingerprint density at radius 3 is 2.79 bits per heavy atom. The van der Waals surface area contributed by atoms with E-state index >= 15 is 0 Å². The lowest BCUT2D eigenvalue weighted by molar-refractivity contribution is -0.116. The third kappa shape index (κ3) is 4.84. The quantitative estimate of drug-likeness (QED) is 0.568. The second kappa shape index (κ2) is 9.21. The fraction of sp³-hybridized carbons (Fsp3) is 0.500. The van der Waals surface area contributed by atoms with Crippen LogP contribution in [0, 0.1) is 0 Å². The molecule has 1 N–H and O–H groups in total. The number of carbonyl (C=O) groups excluding carboxylic acids is 1. The Bertz CT molecular complexity index is 1040. The number of unbranched alkanes of at least 4 members (excludes halogenated alkanes) is 2. The highest BCUT2D eigenvalue weighted by atomic mass is 32.1. The van der Waals surface area contributed by atoms with Crippen molar-refractivity contribution in [2.75, 3.05) is 5.32 Å². The number of aryl methyl sites for hydroxylation is 1. The minimum atomic E-state index is -0.123. The van der Waals surface area contributed by atoms with Crippen LogP contribution in [0.5, 0.6) is 0 Å². The zero-order valence-electron chi connectivity index (χ0n) is 16.2. The van der Waals surface area contributed by atoms with Crippen LogP contribution in [0.4, 0.5) is 5.13 Å². The van der Waals surface area contributed by atoms with Gasteiger partial charge < -0.3 is 5.32 Å². The summed E-state index contributed by atoms with van der Waals surface area (Å²) in [5.41, 5.74) is 0.487. The van der Waals surface area contributed by atoms with Crippen LogP contribution in [-0.4, -0.2) is 31.1 Å². The zero-order chi connectivity index (χ0) is 20.1. The normalized spacial score (nSPS) is 14.5. The molecule has 0 spiro atoms. The number of anilines is 1. The summed E-state index contributed by atoms with van der Waals surface area (Å²) in [5, 5.41) is 21.5. The molecule has 0 atom stereocenters. The molecule has 3 aromatic rings. The number of amides is 1. The number of nitrogens with zero attached hydrogens (tertiary/aromatic N) is 5. The number of rotatable bonds is 8. The average Bonchev–Trinajstić information content (AvgIpc) is 3.41. The van der Waals surface area contributed by atoms with Gasteiger partial charge in [0.15, 0.2) is 0 Å². The Kier molecular flexibility index (Phi) is 6.24. The molecule has 0 radical (unpaired) electrons. The number of benzene rings is 1. The van der Waals surface area contributed by atoms with Gasteiger partial charge >= 0.3 is 0 Å². The Hall–Kier alpha value is -2.68. The molecule has 1 aliphatic rings. The summed E-state index contributed by atoms with van der Waals surface area (Å²) in [4.78, 5) is 24.5. The van der Waals surface area contributed by atoms with E-state index in [1.165, 1.54) is 41.7 Å². The Morgan fingerprint density at radius 1 is 1.10 bits per heavy atom. The van der Waals surface area contributed by atoms with Crippen LogP contribution in [0.15, 0.2) is 29.1 Å².